The maximum absolute atomic E-state index is 12.4. The van der Waals surface area contributed by atoms with Gasteiger partial charge in [-0.15, -0.1) is 0 Å². The molecule has 3 rings (SSSR count). The Bertz CT molecular complexity index is 1150. The van der Waals surface area contributed by atoms with E-state index < -0.39 is 20.9 Å². The average Bonchev–Trinajstić information content (AvgIpc) is 3.04. The zero-order valence-corrected chi connectivity index (χ0v) is 16.1. The van der Waals surface area contributed by atoms with Gasteiger partial charge in [0.1, 0.15) is 17.0 Å². The number of aromatic nitrogens is 1. The van der Waals surface area contributed by atoms with E-state index in [0.717, 1.165) is 0 Å². The lowest BCUT2D eigenvalue weighted by molar-refractivity contribution is -0.383. The van der Waals surface area contributed by atoms with Gasteiger partial charge in [-0.2, -0.15) is 0 Å². The molecule has 0 bridgehead atoms. The Balaban J connectivity index is 1.93. The molecular weight excluding hydrogens is 442 g/mol. The Hall–Kier alpha value is -2.92. The molecule has 0 aliphatic carbocycles. The van der Waals surface area contributed by atoms with E-state index in [1.54, 1.807) is 6.07 Å². The van der Waals surface area contributed by atoms with Crippen molar-refractivity contribution < 1.29 is 22.9 Å². The first-order valence-corrected chi connectivity index (χ1v) is 9.67. The van der Waals surface area contributed by atoms with Gasteiger partial charge in [-0.3, -0.25) is 14.9 Å². The van der Waals surface area contributed by atoms with E-state index in [1.807, 2.05) is 4.72 Å². The quantitative estimate of drug-likeness (QED) is 0.450. The van der Waals surface area contributed by atoms with Gasteiger partial charge in [-0.25, -0.2) is 13.1 Å². The van der Waals surface area contributed by atoms with Gasteiger partial charge in [0.25, 0.3) is 21.6 Å². The molecule has 0 aliphatic rings. The maximum atomic E-state index is 12.4. The van der Waals surface area contributed by atoms with Gasteiger partial charge < -0.3 is 9.72 Å². The van der Waals surface area contributed by atoms with Crippen LogP contribution in [-0.2, 0) is 10.0 Å². The van der Waals surface area contributed by atoms with Crippen LogP contribution in [0.1, 0.15) is 10.5 Å². The molecule has 27 heavy (non-hydrogen) atoms. The molecule has 2 N–H and O–H groups in total. The second kappa shape index (κ2) is 7.00. The first-order chi connectivity index (χ1) is 12.7. The number of hydrogen-bond donors (Lipinski definition) is 2. The average molecular weight is 454 g/mol. The molecule has 1 amide bonds. The molecule has 1 aromatic heterocycles. The molecule has 0 aliphatic heterocycles. The zero-order valence-electron chi connectivity index (χ0n) is 13.7. The van der Waals surface area contributed by atoms with Crippen LogP contribution in [0.5, 0.6) is 5.75 Å². The summed E-state index contributed by atoms with van der Waals surface area (Å²) >= 11 is 3.16. The maximum Gasteiger partial charge on any atom is 0.294 e. The van der Waals surface area contributed by atoms with Crippen LogP contribution in [0.4, 0.5) is 5.69 Å². The number of non-ortho nitro benzene ring substituents is 1. The van der Waals surface area contributed by atoms with Crippen molar-refractivity contribution in [3.05, 3.63) is 62.7 Å². The van der Waals surface area contributed by atoms with Crippen LogP contribution in [0.25, 0.3) is 10.9 Å². The highest BCUT2D eigenvalue weighted by atomic mass is 79.9. The number of H-pyrrole nitrogens is 1. The number of carbonyl (C=O) groups is 1. The predicted molar refractivity (Wildman–Crippen MR) is 100 cm³/mol. The fourth-order valence-corrected chi connectivity index (χ4v) is 3.88. The number of aromatic amines is 1. The molecule has 3 aromatic rings. The number of rotatable bonds is 5. The second-order valence-electron chi connectivity index (χ2n) is 5.44. The normalized spacial score (nSPS) is 11.3. The number of nitro groups is 1. The van der Waals surface area contributed by atoms with E-state index in [9.17, 15) is 23.3 Å². The number of hydrogen-bond acceptors (Lipinski definition) is 6. The van der Waals surface area contributed by atoms with Gasteiger partial charge >= 0.3 is 0 Å². The zero-order chi connectivity index (χ0) is 19.8. The van der Waals surface area contributed by atoms with Crippen LogP contribution in [0.2, 0.25) is 0 Å². The van der Waals surface area contributed by atoms with Crippen LogP contribution in [-0.4, -0.2) is 31.3 Å². The van der Waals surface area contributed by atoms with Crippen LogP contribution < -0.4 is 9.46 Å². The SMILES string of the molecule is COc1ccc(S(=O)(=O)NC(=O)c2cc3cc(Br)cc([N+](=O)[O-])c3[nH]2)cc1. The van der Waals surface area contributed by atoms with Gasteiger partial charge in [0.2, 0.25) is 0 Å². The van der Waals surface area contributed by atoms with E-state index in [1.165, 1.54) is 43.5 Å². The number of carbonyl (C=O) groups excluding carboxylic acids is 1. The standard InChI is InChI=1S/C16H12BrN3O6S/c1-26-11-2-4-12(5-3-11)27(24,25)19-16(21)13-7-9-6-10(17)8-14(20(22)23)15(9)18-13/h2-8,18H,1H3,(H,19,21). The van der Waals surface area contributed by atoms with Gasteiger partial charge in [0, 0.05) is 15.9 Å². The van der Waals surface area contributed by atoms with E-state index >= 15 is 0 Å². The van der Waals surface area contributed by atoms with Gasteiger partial charge in [-0.1, -0.05) is 15.9 Å². The minimum Gasteiger partial charge on any atom is -0.497 e. The Morgan fingerprint density at radius 2 is 1.89 bits per heavy atom. The molecule has 140 valence electrons. The number of nitro benzene ring substituents is 1. The van der Waals surface area contributed by atoms with Crippen LogP contribution in [0, 0.1) is 10.1 Å². The van der Waals surface area contributed by atoms with Gasteiger partial charge in [-0.05, 0) is 36.4 Å². The number of fused-ring (bicyclic) bond motifs is 1. The second-order valence-corrected chi connectivity index (χ2v) is 8.04. The number of nitrogens with zero attached hydrogens (tertiary/aromatic N) is 1. The number of nitrogens with one attached hydrogen (secondary N) is 2. The highest BCUT2D eigenvalue weighted by Crippen LogP contribution is 2.30. The van der Waals surface area contributed by atoms with E-state index in [0.29, 0.717) is 15.6 Å². The van der Waals surface area contributed by atoms with E-state index in [4.69, 9.17) is 4.74 Å². The Kier molecular flexibility index (Phi) is 4.89. The van der Waals surface area contributed by atoms with Crippen molar-refractivity contribution in [2.75, 3.05) is 7.11 Å². The molecule has 0 radical (unpaired) electrons. The monoisotopic (exact) mass is 453 g/mol. The molecule has 0 unspecified atom stereocenters. The molecule has 1 heterocycles. The van der Waals surface area contributed by atoms with Crippen molar-refractivity contribution >= 4 is 48.5 Å². The fraction of sp³-hybridized carbons (Fsp3) is 0.0625. The van der Waals surface area contributed by atoms with Crippen molar-refractivity contribution in [1.82, 2.24) is 9.71 Å². The van der Waals surface area contributed by atoms with Crippen LogP contribution in [0.15, 0.2) is 51.8 Å². The summed E-state index contributed by atoms with van der Waals surface area (Å²) in [5.74, 6) is -0.471. The molecule has 0 saturated heterocycles. The minimum atomic E-state index is -4.12. The molecular formula is C16H12BrN3O6S. The lowest BCUT2D eigenvalue weighted by atomic mass is 10.2. The summed E-state index contributed by atoms with van der Waals surface area (Å²) in [5.41, 5.74) is -0.241. The Morgan fingerprint density at radius 3 is 2.48 bits per heavy atom. The summed E-state index contributed by atoms with van der Waals surface area (Å²) in [6.07, 6.45) is 0. The summed E-state index contributed by atoms with van der Waals surface area (Å²) in [7, 11) is -2.68. The lowest BCUT2D eigenvalue weighted by Crippen LogP contribution is -2.30. The van der Waals surface area contributed by atoms with Crippen molar-refractivity contribution in [1.29, 1.82) is 0 Å². The smallest absolute Gasteiger partial charge is 0.294 e. The number of sulfonamides is 1. The molecule has 0 atom stereocenters. The third kappa shape index (κ3) is 3.78. The number of ether oxygens (including phenoxy) is 1. The minimum absolute atomic E-state index is 0.121. The Morgan fingerprint density at radius 1 is 1.22 bits per heavy atom. The predicted octanol–water partition coefficient (Wildman–Crippen LogP) is 2.97. The number of halogens is 1. The van der Waals surface area contributed by atoms with E-state index in [-0.39, 0.29) is 21.8 Å². The summed E-state index contributed by atoms with van der Waals surface area (Å²) in [6, 6.07) is 9.68. The number of methoxy groups -OCH3 is 1. The largest absolute Gasteiger partial charge is 0.497 e. The summed E-state index contributed by atoms with van der Waals surface area (Å²) in [5, 5.41) is 11.6. The van der Waals surface area contributed by atoms with E-state index in [2.05, 4.69) is 20.9 Å². The van der Waals surface area contributed by atoms with Gasteiger partial charge in [0.05, 0.1) is 16.9 Å². The summed E-state index contributed by atoms with van der Waals surface area (Å²) in [6.45, 7) is 0. The van der Waals surface area contributed by atoms with Crippen LogP contribution in [0.3, 0.4) is 0 Å². The molecule has 0 fully saturated rings. The van der Waals surface area contributed by atoms with Crippen LogP contribution >= 0.6 is 15.9 Å². The highest BCUT2D eigenvalue weighted by Gasteiger charge is 2.22. The third-order valence-electron chi connectivity index (χ3n) is 3.71. The number of benzene rings is 2. The molecule has 9 nitrogen and oxygen atoms in total. The van der Waals surface area contributed by atoms with Crippen molar-refractivity contribution in [3.8, 4) is 5.75 Å². The topological polar surface area (TPSA) is 131 Å². The fourth-order valence-electron chi connectivity index (χ4n) is 2.45. The van der Waals surface area contributed by atoms with Crippen molar-refractivity contribution in [3.63, 3.8) is 0 Å². The molecule has 0 saturated carbocycles. The summed E-state index contributed by atoms with van der Waals surface area (Å²) < 4.78 is 32.1. The summed E-state index contributed by atoms with van der Waals surface area (Å²) in [4.78, 5) is 25.4. The van der Waals surface area contributed by atoms with Crippen molar-refractivity contribution in [2.24, 2.45) is 0 Å². The van der Waals surface area contributed by atoms with Gasteiger partial charge in [0.15, 0.2) is 0 Å². The van der Waals surface area contributed by atoms with Crippen molar-refractivity contribution in [2.45, 2.75) is 4.90 Å². The molecule has 2 aromatic carbocycles. The third-order valence-corrected chi connectivity index (χ3v) is 5.52. The lowest BCUT2D eigenvalue weighted by Gasteiger charge is -2.06. The Labute approximate surface area is 161 Å². The first kappa shape index (κ1) is 18.9. The highest BCUT2D eigenvalue weighted by molar-refractivity contribution is 9.10. The first-order valence-electron chi connectivity index (χ1n) is 7.39. The molecule has 11 heteroatoms. The number of amides is 1. The molecule has 0 spiro atoms.